The molecule has 1 saturated carbocycles. The van der Waals surface area contributed by atoms with Crippen LogP contribution >= 0.6 is 28.1 Å². The summed E-state index contributed by atoms with van der Waals surface area (Å²) in [6.07, 6.45) is 7.59. The van der Waals surface area contributed by atoms with Crippen LogP contribution < -0.4 is 4.74 Å². The summed E-state index contributed by atoms with van der Waals surface area (Å²) in [4.78, 5) is 0. The summed E-state index contributed by atoms with van der Waals surface area (Å²) in [7, 11) is 1.51. The molecular weight excluding hydrogens is 392 g/mol. The van der Waals surface area contributed by atoms with Crippen LogP contribution in [0.1, 0.15) is 49.4 Å². The van der Waals surface area contributed by atoms with Crippen LogP contribution in [0.25, 0.3) is 0 Å². The molecule has 0 spiro atoms. The largest absolute Gasteiger partial charge is 0.503 e. The Labute approximate surface area is 153 Å². The zero-order chi connectivity index (χ0) is 17.1. The molecule has 2 aromatic rings. The molecule has 0 aliphatic heterocycles. The van der Waals surface area contributed by atoms with Crippen LogP contribution in [0, 0.1) is 4.77 Å². The summed E-state index contributed by atoms with van der Waals surface area (Å²) in [5, 5.41) is 21.8. The maximum absolute atomic E-state index is 10.1. The van der Waals surface area contributed by atoms with E-state index in [1.165, 1.54) is 26.4 Å². The molecule has 0 unspecified atom stereocenters. The molecule has 1 aromatic heterocycles. The number of ether oxygens (including phenoxy) is 1. The Bertz CT molecular complexity index is 809. The predicted octanol–water partition coefficient (Wildman–Crippen LogP) is 4.35. The maximum atomic E-state index is 10.1. The van der Waals surface area contributed by atoms with E-state index >= 15 is 0 Å². The summed E-state index contributed by atoms with van der Waals surface area (Å²) in [5.41, 5.74) is 0.728. The van der Waals surface area contributed by atoms with Gasteiger partial charge in [-0.15, -0.1) is 0 Å². The van der Waals surface area contributed by atoms with Gasteiger partial charge in [-0.25, -0.2) is 0 Å². The standard InChI is InChI=1S/C16H19BrN4O2S/c1-23-12-8-7-11(13(17)14(12)22)9-18-21-15(19-20-16(21)24)10-5-3-2-4-6-10/h7-10,22H,2-6H2,1H3,(H,20,24)/b18-9-. The molecule has 8 heteroatoms. The molecule has 128 valence electrons. The van der Waals surface area contributed by atoms with Crippen molar-refractivity contribution < 1.29 is 9.84 Å². The fraction of sp³-hybridized carbons (Fsp3) is 0.438. The lowest BCUT2D eigenvalue weighted by atomic mass is 9.89. The van der Waals surface area contributed by atoms with Crippen molar-refractivity contribution in [2.75, 3.05) is 7.11 Å². The molecule has 2 N–H and O–H groups in total. The number of H-pyrrole nitrogens is 1. The number of aromatic amines is 1. The summed E-state index contributed by atoms with van der Waals surface area (Å²) in [6.45, 7) is 0. The SMILES string of the molecule is COc1ccc(/C=N\n2c(C3CCCCC3)n[nH]c2=S)c(Br)c1O. The molecule has 1 heterocycles. The van der Waals surface area contributed by atoms with Gasteiger partial charge >= 0.3 is 0 Å². The van der Waals surface area contributed by atoms with E-state index in [0.29, 0.717) is 20.9 Å². The van der Waals surface area contributed by atoms with Gasteiger partial charge in [-0.05, 0) is 53.1 Å². The molecule has 6 nitrogen and oxygen atoms in total. The Hall–Kier alpha value is -1.67. The summed E-state index contributed by atoms with van der Waals surface area (Å²) in [5.74, 6) is 1.72. The molecule has 0 atom stereocenters. The maximum Gasteiger partial charge on any atom is 0.216 e. The lowest BCUT2D eigenvalue weighted by Gasteiger charge is -2.19. The molecule has 1 fully saturated rings. The van der Waals surface area contributed by atoms with Crippen LogP contribution in [0.3, 0.4) is 0 Å². The molecule has 1 aliphatic rings. The monoisotopic (exact) mass is 410 g/mol. The van der Waals surface area contributed by atoms with Crippen molar-refractivity contribution in [2.24, 2.45) is 5.10 Å². The number of nitrogens with one attached hydrogen (secondary N) is 1. The number of methoxy groups -OCH3 is 1. The fourth-order valence-corrected chi connectivity index (χ4v) is 3.60. The minimum Gasteiger partial charge on any atom is -0.503 e. The summed E-state index contributed by atoms with van der Waals surface area (Å²) >= 11 is 8.68. The van der Waals surface area contributed by atoms with E-state index in [1.54, 1.807) is 17.0 Å². The smallest absolute Gasteiger partial charge is 0.216 e. The van der Waals surface area contributed by atoms with Crippen molar-refractivity contribution in [1.82, 2.24) is 14.9 Å². The average Bonchev–Trinajstić information content (AvgIpc) is 2.98. The van der Waals surface area contributed by atoms with E-state index < -0.39 is 0 Å². The minimum atomic E-state index is 0.0461. The first-order chi connectivity index (χ1) is 11.6. The number of hydrogen-bond acceptors (Lipinski definition) is 5. The zero-order valence-corrected chi connectivity index (χ0v) is 15.7. The van der Waals surface area contributed by atoms with E-state index in [0.717, 1.165) is 24.2 Å². The van der Waals surface area contributed by atoms with Gasteiger partial charge in [-0.1, -0.05) is 19.3 Å². The number of hydrogen-bond donors (Lipinski definition) is 2. The first-order valence-corrected chi connectivity index (χ1v) is 9.09. The number of aromatic hydroxyl groups is 1. The first-order valence-electron chi connectivity index (χ1n) is 7.89. The van der Waals surface area contributed by atoms with Gasteiger partial charge in [-0.3, -0.25) is 5.10 Å². The van der Waals surface area contributed by atoms with Gasteiger partial charge in [0.25, 0.3) is 0 Å². The van der Waals surface area contributed by atoms with Crippen molar-refractivity contribution in [1.29, 1.82) is 0 Å². The van der Waals surface area contributed by atoms with Gasteiger partial charge in [0.1, 0.15) is 0 Å². The number of halogens is 1. The van der Waals surface area contributed by atoms with E-state index in [1.807, 2.05) is 6.07 Å². The fourth-order valence-electron chi connectivity index (χ4n) is 2.99. The molecule has 24 heavy (non-hydrogen) atoms. The Morgan fingerprint density at radius 2 is 2.17 bits per heavy atom. The third-order valence-electron chi connectivity index (χ3n) is 4.29. The predicted molar refractivity (Wildman–Crippen MR) is 98.6 cm³/mol. The van der Waals surface area contributed by atoms with E-state index in [4.69, 9.17) is 17.0 Å². The second kappa shape index (κ2) is 7.48. The van der Waals surface area contributed by atoms with Crippen molar-refractivity contribution in [2.45, 2.75) is 38.0 Å². The Morgan fingerprint density at radius 3 is 2.88 bits per heavy atom. The average molecular weight is 411 g/mol. The highest BCUT2D eigenvalue weighted by Gasteiger charge is 2.21. The number of aromatic nitrogens is 3. The molecular formula is C16H19BrN4O2S. The zero-order valence-electron chi connectivity index (χ0n) is 13.3. The summed E-state index contributed by atoms with van der Waals surface area (Å²) in [6, 6.07) is 3.51. The number of nitrogens with zero attached hydrogens (tertiary/aromatic N) is 3. The molecule has 0 saturated heterocycles. The molecule has 0 radical (unpaired) electrons. The van der Waals surface area contributed by atoms with Crippen LogP contribution in [-0.4, -0.2) is 33.3 Å². The number of benzene rings is 1. The van der Waals surface area contributed by atoms with Gasteiger partial charge in [-0.2, -0.15) is 14.9 Å². The van der Waals surface area contributed by atoms with Crippen LogP contribution in [-0.2, 0) is 0 Å². The normalized spacial score (nSPS) is 15.9. The summed E-state index contributed by atoms with van der Waals surface area (Å²) < 4.78 is 7.77. The second-order valence-corrected chi connectivity index (χ2v) is 6.98. The number of phenols is 1. The number of phenolic OH excluding ortho intramolecular Hbond substituents is 1. The highest BCUT2D eigenvalue weighted by molar-refractivity contribution is 9.10. The van der Waals surface area contributed by atoms with Crippen molar-refractivity contribution in [3.05, 3.63) is 32.8 Å². The molecule has 1 aliphatic carbocycles. The first kappa shape index (κ1) is 17.2. The third-order valence-corrected chi connectivity index (χ3v) is 5.38. The van der Waals surface area contributed by atoms with Gasteiger partial charge in [0.2, 0.25) is 4.77 Å². The highest BCUT2D eigenvalue weighted by atomic mass is 79.9. The Kier molecular flexibility index (Phi) is 5.35. The van der Waals surface area contributed by atoms with Gasteiger partial charge in [0.15, 0.2) is 17.3 Å². The number of rotatable bonds is 4. The van der Waals surface area contributed by atoms with Crippen molar-refractivity contribution in [3.8, 4) is 11.5 Å². The minimum absolute atomic E-state index is 0.0461. The Balaban J connectivity index is 1.91. The van der Waals surface area contributed by atoms with Gasteiger partial charge in [0.05, 0.1) is 17.8 Å². The van der Waals surface area contributed by atoms with E-state index in [-0.39, 0.29) is 5.75 Å². The lowest BCUT2D eigenvalue weighted by molar-refractivity contribution is 0.372. The van der Waals surface area contributed by atoms with Gasteiger partial charge < -0.3 is 9.84 Å². The topological polar surface area (TPSA) is 75.4 Å². The van der Waals surface area contributed by atoms with E-state index in [9.17, 15) is 5.11 Å². The third kappa shape index (κ3) is 3.39. The van der Waals surface area contributed by atoms with Crippen LogP contribution in [0.15, 0.2) is 21.7 Å². The van der Waals surface area contributed by atoms with Crippen molar-refractivity contribution in [3.63, 3.8) is 0 Å². The Morgan fingerprint density at radius 1 is 1.42 bits per heavy atom. The highest BCUT2D eigenvalue weighted by Crippen LogP contribution is 2.36. The second-order valence-electron chi connectivity index (χ2n) is 5.80. The molecule has 1 aromatic carbocycles. The van der Waals surface area contributed by atoms with Crippen LogP contribution in [0.2, 0.25) is 0 Å². The quantitative estimate of drug-likeness (QED) is 0.580. The van der Waals surface area contributed by atoms with Crippen LogP contribution in [0.5, 0.6) is 11.5 Å². The molecule has 0 bridgehead atoms. The van der Waals surface area contributed by atoms with Crippen LogP contribution in [0.4, 0.5) is 0 Å². The van der Waals surface area contributed by atoms with Crippen molar-refractivity contribution >= 4 is 34.4 Å². The van der Waals surface area contributed by atoms with Gasteiger partial charge in [0, 0.05) is 11.5 Å². The molecule has 3 rings (SSSR count). The lowest BCUT2D eigenvalue weighted by Crippen LogP contribution is -2.10. The van der Waals surface area contributed by atoms with E-state index in [2.05, 4.69) is 31.2 Å². The molecule has 0 amide bonds.